The van der Waals surface area contributed by atoms with Crippen molar-refractivity contribution in [2.24, 2.45) is 5.92 Å². The molecule has 1 saturated heterocycles. The highest BCUT2D eigenvalue weighted by molar-refractivity contribution is 7.91. The molecule has 0 radical (unpaired) electrons. The second-order valence-corrected chi connectivity index (χ2v) is 11.4. The molecule has 2 heterocycles. The van der Waals surface area contributed by atoms with Crippen molar-refractivity contribution in [2.45, 2.75) is 52.0 Å². The van der Waals surface area contributed by atoms with Crippen LogP contribution in [0.25, 0.3) is 10.9 Å². The van der Waals surface area contributed by atoms with E-state index in [2.05, 4.69) is 4.98 Å². The summed E-state index contributed by atoms with van der Waals surface area (Å²) in [5.41, 5.74) is 3.96. The van der Waals surface area contributed by atoms with Gasteiger partial charge in [-0.1, -0.05) is 13.8 Å². The van der Waals surface area contributed by atoms with Crippen LogP contribution in [0.1, 0.15) is 54.7 Å². The number of aromatic nitrogens is 1. The number of hydrogen-bond acceptors (Lipinski definition) is 5. The van der Waals surface area contributed by atoms with E-state index in [9.17, 15) is 18.0 Å². The second kappa shape index (κ2) is 8.65. The molecule has 1 amide bonds. The smallest absolute Gasteiger partial charge is 0.338 e. The van der Waals surface area contributed by atoms with E-state index in [0.717, 1.165) is 30.2 Å². The molecule has 1 fully saturated rings. The van der Waals surface area contributed by atoms with Gasteiger partial charge in [0.25, 0.3) is 5.91 Å². The average molecular weight is 447 g/mol. The van der Waals surface area contributed by atoms with Gasteiger partial charge < -0.3 is 14.6 Å². The number of nitrogens with zero attached hydrogens (tertiary/aromatic N) is 1. The number of aryl methyl sites for hydroxylation is 2. The van der Waals surface area contributed by atoms with Crippen molar-refractivity contribution in [2.75, 3.05) is 24.7 Å². The molecular weight excluding hydrogens is 416 g/mol. The Labute approximate surface area is 183 Å². The highest BCUT2D eigenvalue weighted by atomic mass is 32.2. The van der Waals surface area contributed by atoms with Gasteiger partial charge in [-0.05, 0) is 61.8 Å². The summed E-state index contributed by atoms with van der Waals surface area (Å²) in [7, 11) is -3.11. The van der Waals surface area contributed by atoms with E-state index in [1.807, 2.05) is 26.0 Å². The number of aromatic amines is 1. The van der Waals surface area contributed by atoms with Crippen molar-refractivity contribution < 1.29 is 22.7 Å². The van der Waals surface area contributed by atoms with Crippen LogP contribution in [0.15, 0.2) is 18.2 Å². The van der Waals surface area contributed by atoms with E-state index in [4.69, 9.17) is 4.74 Å². The normalized spacial score (nSPS) is 20.0. The van der Waals surface area contributed by atoms with Crippen LogP contribution in [0, 0.1) is 5.92 Å². The third-order valence-corrected chi connectivity index (χ3v) is 7.94. The van der Waals surface area contributed by atoms with Gasteiger partial charge in [0.15, 0.2) is 16.4 Å². The molecule has 31 heavy (non-hydrogen) atoms. The number of sulfone groups is 1. The lowest BCUT2D eigenvalue weighted by atomic mass is 9.95. The molecule has 1 unspecified atom stereocenters. The molecular formula is C23H30N2O5S. The molecule has 168 valence electrons. The number of ether oxygens (including phenoxy) is 1. The first kappa shape index (κ1) is 21.9. The first-order valence-electron chi connectivity index (χ1n) is 11.0. The topological polar surface area (TPSA) is 96.5 Å². The van der Waals surface area contributed by atoms with E-state index in [1.54, 1.807) is 11.0 Å². The van der Waals surface area contributed by atoms with Crippen molar-refractivity contribution in [3.63, 3.8) is 0 Å². The molecule has 1 aliphatic heterocycles. The summed E-state index contributed by atoms with van der Waals surface area (Å²) in [6, 6.07) is 5.10. The first-order chi connectivity index (χ1) is 14.7. The largest absolute Gasteiger partial charge is 0.452 e. The van der Waals surface area contributed by atoms with E-state index in [-0.39, 0.29) is 36.0 Å². The Morgan fingerprint density at radius 1 is 1.23 bits per heavy atom. The number of benzene rings is 1. The Kier molecular flexibility index (Phi) is 6.10. The van der Waals surface area contributed by atoms with E-state index in [0.29, 0.717) is 18.5 Å². The molecule has 2 aromatic rings. The molecule has 2 aliphatic rings. The van der Waals surface area contributed by atoms with Gasteiger partial charge in [-0.15, -0.1) is 0 Å². The Morgan fingerprint density at radius 2 is 2.00 bits per heavy atom. The minimum atomic E-state index is -3.11. The second-order valence-electron chi connectivity index (χ2n) is 9.12. The van der Waals surface area contributed by atoms with E-state index < -0.39 is 15.8 Å². The molecule has 8 heteroatoms. The molecule has 0 bridgehead atoms. The summed E-state index contributed by atoms with van der Waals surface area (Å²) in [5, 5.41) is 1.05. The highest BCUT2D eigenvalue weighted by Crippen LogP contribution is 2.30. The molecule has 0 saturated carbocycles. The zero-order chi connectivity index (χ0) is 22.2. The van der Waals surface area contributed by atoms with Crippen LogP contribution in [0.4, 0.5) is 0 Å². The van der Waals surface area contributed by atoms with Crippen LogP contribution in [-0.2, 0) is 32.2 Å². The van der Waals surface area contributed by atoms with Gasteiger partial charge in [0.1, 0.15) is 0 Å². The minimum absolute atomic E-state index is 0.0192. The zero-order valence-corrected chi connectivity index (χ0v) is 19.0. The number of rotatable bonds is 6. The third-order valence-electron chi connectivity index (χ3n) is 6.19. The maximum Gasteiger partial charge on any atom is 0.338 e. The molecule has 0 spiro atoms. The molecule has 7 nitrogen and oxygen atoms in total. The maximum atomic E-state index is 12.8. The Morgan fingerprint density at radius 3 is 2.71 bits per heavy atom. The molecule has 1 aromatic carbocycles. The zero-order valence-electron chi connectivity index (χ0n) is 18.1. The quantitative estimate of drug-likeness (QED) is 0.689. The van der Waals surface area contributed by atoms with Gasteiger partial charge in [-0.25, -0.2) is 13.2 Å². The summed E-state index contributed by atoms with van der Waals surface area (Å²) in [5.74, 6) is -0.617. The SMILES string of the molecule is CC(C)CN(C(=O)COC(=O)c1ccc2[nH]c3c(c2c1)CCCC3)C1CCS(=O)(=O)C1. The monoisotopic (exact) mass is 446 g/mol. The Bertz CT molecular complexity index is 1100. The summed E-state index contributed by atoms with van der Waals surface area (Å²) in [4.78, 5) is 30.5. The average Bonchev–Trinajstić information content (AvgIpc) is 3.28. The lowest BCUT2D eigenvalue weighted by Gasteiger charge is -2.29. The summed E-state index contributed by atoms with van der Waals surface area (Å²) in [6.45, 7) is 4.01. The molecule has 1 aromatic heterocycles. The lowest BCUT2D eigenvalue weighted by molar-refractivity contribution is -0.137. The number of esters is 1. The fraction of sp³-hybridized carbons (Fsp3) is 0.565. The Hall–Kier alpha value is -2.35. The number of hydrogen-bond donors (Lipinski definition) is 1. The van der Waals surface area contributed by atoms with Crippen molar-refractivity contribution in [1.82, 2.24) is 9.88 Å². The number of nitrogens with one attached hydrogen (secondary N) is 1. The standard InChI is InChI=1S/C23H30N2O5S/c1-15(2)12-25(17-9-10-31(28,29)14-17)22(26)13-30-23(27)16-7-8-21-19(11-16)18-5-3-4-6-20(18)24-21/h7-8,11,15,17,24H,3-6,9-10,12-14H2,1-2H3. The number of H-pyrrole nitrogens is 1. The van der Waals surface area contributed by atoms with Gasteiger partial charge in [-0.3, -0.25) is 4.79 Å². The van der Waals surface area contributed by atoms with Crippen molar-refractivity contribution in [3.8, 4) is 0 Å². The van der Waals surface area contributed by atoms with Crippen LogP contribution < -0.4 is 0 Å². The third kappa shape index (κ3) is 4.79. The van der Waals surface area contributed by atoms with Crippen LogP contribution >= 0.6 is 0 Å². The number of amides is 1. The van der Waals surface area contributed by atoms with Crippen molar-refractivity contribution in [3.05, 3.63) is 35.0 Å². The molecule has 4 rings (SSSR count). The van der Waals surface area contributed by atoms with Crippen molar-refractivity contribution in [1.29, 1.82) is 0 Å². The number of carbonyl (C=O) groups excluding carboxylic acids is 2. The summed E-state index contributed by atoms with van der Waals surface area (Å²) in [6.07, 6.45) is 4.78. The van der Waals surface area contributed by atoms with Crippen LogP contribution in [-0.4, -0.2) is 60.9 Å². The van der Waals surface area contributed by atoms with E-state index in [1.165, 1.54) is 17.7 Å². The van der Waals surface area contributed by atoms with Gasteiger partial charge in [0.05, 0.1) is 17.1 Å². The molecule has 1 atom stereocenters. The predicted molar refractivity (Wildman–Crippen MR) is 119 cm³/mol. The predicted octanol–water partition coefficient (Wildman–Crippen LogP) is 2.88. The van der Waals surface area contributed by atoms with Gasteiger partial charge in [-0.2, -0.15) is 0 Å². The first-order valence-corrected chi connectivity index (χ1v) is 12.9. The maximum absolute atomic E-state index is 12.8. The van der Waals surface area contributed by atoms with Gasteiger partial charge >= 0.3 is 5.97 Å². The Balaban J connectivity index is 1.44. The molecule has 1 N–H and O–H groups in total. The number of fused-ring (bicyclic) bond motifs is 3. The number of carbonyl (C=O) groups is 2. The minimum Gasteiger partial charge on any atom is -0.452 e. The van der Waals surface area contributed by atoms with Gasteiger partial charge in [0.2, 0.25) is 0 Å². The molecule has 1 aliphatic carbocycles. The van der Waals surface area contributed by atoms with Crippen LogP contribution in [0.2, 0.25) is 0 Å². The van der Waals surface area contributed by atoms with Gasteiger partial charge in [0, 0.05) is 29.2 Å². The highest BCUT2D eigenvalue weighted by Gasteiger charge is 2.35. The fourth-order valence-electron chi connectivity index (χ4n) is 4.70. The lowest BCUT2D eigenvalue weighted by Crippen LogP contribution is -2.45. The summed E-state index contributed by atoms with van der Waals surface area (Å²) < 4.78 is 29.1. The van der Waals surface area contributed by atoms with Crippen molar-refractivity contribution >= 4 is 32.6 Å². The van der Waals surface area contributed by atoms with Crippen LogP contribution in [0.3, 0.4) is 0 Å². The fourth-order valence-corrected chi connectivity index (χ4v) is 6.43. The van der Waals surface area contributed by atoms with E-state index >= 15 is 0 Å². The van der Waals surface area contributed by atoms with Crippen LogP contribution in [0.5, 0.6) is 0 Å². The summed E-state index contributed by atoms with van der Waals surface area (Å²) >= 11 is 0.